The monoisotopic (exact) mass is 604 g/mol. The number of nitrogens with zero attached hydrogens (tertiary/aromatic N) is 3. The lowest BCUT2D eigenvalue weighted by molar-refractivity contribution is 0.783. The Morgan fingerprint density at radius 3 is 2.04 bits per heavy atom. The maximum atomic E-state index is 2.61. The van der Waals surface area contributed by atoms with Crippen molar-refractivity contribution < 1.29 is 0 Å². The predicted octanol–water partition coefficient (Wildman–Crippen LogP) is 11.2. The Bertz CT molecular complexity index is 2800. The molecule has 0 saturated carbocycles. The Morgan fingerprint density at radius 2 is 1.24 bits per heavy atom. The van der Waals surface area contributed by atoms with Crippen molar-refractivity contribution in [2.45, 2.75) is 6.04 Å². The number of fused-ring (bicyclic) bond motifs is 12. The molecule has 1 aliphatic heterocycles. The van der Waals surface area contributed by atoms with Crippen LogP contribution in [0.25, 0.3) is 69.5 Å². The molecule has 2 aliphatic rings. The lowest BCUT2D eigenvalue weighted by atomic mass is 10.0. The van der Waals surface area contributed by atoms with Crippen molar-refractivity contribution in [2.24, 2.45) is 0 Å². The number of hydrogen-bond acceptors (Lipinski definition) is 1. The van der Waals surface area contributed by atoms with Gasteiger partial charge in [0.2, 0.25) is 17.1 Å². The van der Waals surface area contributed by atoms with Gasteiger partial charge in [-0.2, -0.15) is 4.58 Å². The molecule has 0 amide bonds. The van der Waals surface area contributed by atoms with Gasteiger partial charge in [0.25, 0.3) is 0 Å². The Labute approximate surface area is 268 Å². The molecule has 6 aromatic carbocycles. The first-order chi connectivity index (χ1) is 22.8. The number of rotatable bonds is 2. The molecule has 3 nitrogen and oxygen atoms in total. The topological polar surface area (TPSA) is 12.9 Å². The third-order valence-corrected chi connectivity index (χ3v) is 11.1. The van der Waals surface area contributed by atoms with Crippen LogP contribution in [0.1, 0.15) is 6.04 Å². The van der Waals surface area contributed by atoms with E-state index in [0.717, 1.165) is 5.69 Å². The maximum Gasteiger partial charge on any atom is 0.235 e. The van der Waals surface area contributed by atoms with Gasteiger partial charge in [-0.25, -0.2) is 0 Å². The van der Waals surface area contributed by atoms with Gasteiger partial charge in [0.1, 0.15) is 11.6 Å². The number of para-hydroxylation sites is 3. The molecular weight excluding hydrogens is 579 g/mol. The Balaban J connectivity index is 1.17. The van der Waals surface area contributed by atoms with Crippen molar-refractivity contribution >= 4 is 92.2 Å². The second-order valence-corrected chi connectivity index (χ2v) is 13.4. The molecule has 4 heteroatoms. The zero-order chi connectivity index (χ0) is 29.9. The van der Waals surface area contributed by atoms with Crippen molar-refractivity contribution in [3.05, 3.63) is 152 Å². The SMILES string of the molecule is C1=CC2=[N+](c3ccc(-n4c5ccccc5c5ccccc54)cc3)c3cccc4c5ccc6sc7ccccc7c6c5n(c34)C2C=C1. The molecule has 1 atom stereocenters. The molecule has 0 spiro atoms. The average molecular weight is 605 g/mol. The van der Waals surface area contributed by atoms with E-state index in [2.05, 4.69) is 165 Å². The second-order valence-electron chi connectivity index (χ2n) is 12.3. The van der Waals surface area contributed by atoms with Crippen LogP contribution in [0.3, 0.4) is 0 Å². The van der Waals surface area contributed by atoms with Gasteiger partial charge in [-0.1, -0.05) is 91.0 Å². The number of thiophene rings is 1. The fourth-order valence-electron chi connectivity index (χ4n) is 8.16. The molecule has 1 unspecified atom stereocenters. The fraction of sp³-hybridized carbons (Fsp3) is 0.0238. The average Bonchev–Trinajstić information content (AvgIpc) is 3.77. The van der Waals surface area contributed by atoms with Crippen molar-refractivity contribution in [3.8, 4) is 5.69 Å². The number of aromatic nitrogens is 2. The van der Waals surface area contributed by atoms with Crippen LogP contribution in [0.15, 0.2) is 152 Å². The standard InChI is InChI=1S/C42H26N3S/c1-4-14-33-28(10-1)29-11-2-5-15-34(29)43(33)26-20-22-27(23-21-26)44-35-16-6-7-17-36(35)45-41-30(13-9-18-37(41)44)31-24-25-39-40(42(31)45)32-12-3-8-19-38(32)46-39/h1-25,36H/q+1. The summed E-state index contributed by atoms with van der Waals surface area (Å²) in [5.74, 6) is 0. The van der Waals surface area contributed by atoms with Crippen LogP contribution in [0.4, 0.5) is 11.4 Å². The van der Waals surface area contributed by atoms with E-state index >= 15 is 0 Å². The molecule has 0 bridgehead atoms. The highest BCUT2D eigenvalue weighted by atomic mass is 32.1. The molecule has 4 heterocycles. The van der Waals surface area contributed by atoms with E-state index in [9.17, 15) is 0 Å². The van der Waals surface area contributed by atoms with Crippen molar-refractivity contribution in [1.29, 1.82) is 0 Å². The highest BCUT2D eigenvalue weighted by Crippen LogP contribution is 2.48. The van der Waals surface area contributed by atoms with E-state index < -0.39 is 0 Å². The molecule has 0 radical (unpaired) electrons. The minimum Gasteiger partial charge on any atom is -0.317 e. The molecule has 46 heavy (non-hydrogen) atoms. The van der Waals surface area contributed by atoms with Crippen LogP contribution >= 0.6 is 11.3 Å². The zero-order valence-corrected chi connectivity index (χ0v) is 25.6. The third-order valence-electron chi connectivity index (χ3n) is 10.0. The summed E-state index contributed by atoms with van der Waals surface area (Å²) in [6.07, 6.45) is 9.04. The zero-order valence-electron chi connectivity index (χ0n) is 24.8. The minimum atomic E-state index is 0.0844. The predicted molar refractivity (Wildman–Crippen MR) is 197 cm³/mol. The van der Waals surface area contributed by atoms with Gasteiger partial charge in [0.05, 0.1) is 16.6 Å². The van der Waals surface area contributed by atoms with Crippen molar-refractivity contribution in [1.82, 2.24) is 13.7 Å². The molecule has 0 fully saturated rings. The molecule has 3 aromatic heterocycles. The van der Waals surface area contributed by atoms with Gasteiger partial charge in [0, 0.05) is 71.7 Å². The Hall–Kier alpha value is -5.71. The van der Waals surface area contributed by atoms with Crippen LogP contribution in [-0.4, -0.2) is 14.8 Å². The van der Waals surface area contributed by atoms with E-state index in [1.54, 1.807) is 0 Å². The summed E-state index contributed by atoms with van der Waals surface area (Å²) in [6.45, 7) is 0. The van der Waals surface area contributed by atoms with E-state index in [1.807, 2.05) is 11.3 Å². The van der Waals surface area contributed by atoms with Gasteiger partial charge >= 0.3 is 0 Å². The number of allylic oxidation sites excluding steroid dienone is 4. The van der Waals surface area contributed by atoms with Crippen molar-refractivity contribution in [3.63, 3.8) is 0 Å². The van der Waals surface area contributed by atoms with E-state index in [4.69, 9.17) is 0 Å². The molecule has 0 saturated heterocycles. The number of benzene rings is 6. The van der Waals surface area contributed by atoms with Crippen LogP contribution in [0.2, 0.25) is 0 Å². The summed E-state index contributed by atoms with van der Waals surface area (Å²) >= 11 is 1.89. The van der Waals surface area contributed by atoms with Crippen LogP contribution in [0.5, 0.6) is 0 Å². The fourth-order valence-corrected chi connectivity index (χ4v) is 9.27. The summed E-state index contributed by atoms with van der Waals surface area (Å²) in [5, 5.41) is 7.89. The van der Waals surface area contributed by atoms with Crippen LogP contribution < -0.4 is 4.58 Å². The number of hydrogen-bond donors (Lipinski definition) is 0. The van der Waals surface area contributed by atoms with E-state index in [0.29, 0.717) is 0 Å². The smallest absolute Gasteiger partial charge is 0.235 e. The first kappa shape index (κ1) is 24.6. The van der Waals surface area contributed by atoms with E-state index in [-0.39, 0.29) is 6.04 Å². The minimum absolute atomic E-state index is 0.0844. The lowest BCUT2D eigenvalue weighted by Crippen LogP contribution is -2.30. The summed E-state index contributed by atoms with van der Waals surface area (Å²) in [4.78, 5) is 0. The quantitative estimate of drug-likeness (QED) is 0.174. The molecule has 11 rings (SSSR count). The van der Waals surface area contributed by atoms with E-state index in [1.165, 1.54) is 80.9 Å². The third kappa shape index (κ3) is 3.09. The summed E-state index contributed by atoms with van der Waals surface area (Å²) < 4.78 is 10.2. The molecule has 1 aliphatic carbocycles. The van der Waals surface area contributed by atoms with Crippen LogP contribution in [0, 0.1) is 0 Å². The van der Waals surface area contributed by atoms with Gasteiger partial charge < -0.3 is 9.13 Å². The second kappa shape index (κ2) is 8.94. The highest BCUT2D eigenvalue weighted by Gasteiger charge is 2.38. The molecule has 0 N–H and O–H groups in total. The normalized spacial score (nSPS) is 15.8. The Kier molecular flexibility index (Phi) is 4.78. The van der Waals surface area contributed by atoms with Gasteiger partial charge in [-0.15, -0.1) is 11.3 Å². The Morgan fingerprint density at radius 1 is 0.543 bits per heavy atom. The summed E-state index contributed by atoms with van der Waals surface area (Å²) in [5.41, 5.74) is 9.90. The molecular formula is C42H26N3S+. The van der Waals surface area contributed by atoms with Crippen LogP contribution in [-0.2, 0) is 0 Å². The molecule has 214 valence electrons. The lowest BCUT2D eigenvalue weighted by Gasteiger charge is -2.25. The highest BCUT2D eigenvalue weighted by molar-refractivity contribution is 7.26. The molecule has 9 aromatic rings. The van der Waals surface area contributed by atoms with Gasteiger partial charge in [-0.05, 0) is 36.4 Å². The summed E-state index contributed by atoms with van der Waals surface area (Å²) in [7, 11) is 0. The van der Waals surface area contributed by atoms with Gasteiger partial charge in [0.15, 0.2) is 0 Å². The largest absolute Gasteiger partial charge is 0.317 e. The summed E-state index contributed by atoms with van der Waals surface area (Å²) in [6, 6.07) is 47.0. The first-order valence-electron chi connectivity index (χ1n) is 15.8. The van der Waals surface area contributed by atoms with Crippen molar-refractivity contribution in [2.75, 3.05) is 0 Å². The first-order valence-corrected chi connectivity index (χ1v) is 16.6. The van der Waals surface area contributed by atoms with Gasteiger partial charge in [-0.3, -0.25) is 0 Å². The maximum absolute atomic E-state index is 2.61.